The number of benzene rings is 1. The molecule has 1 unspecified atom stereocenters. The van der Waals surface area contributed by atoms with Crippen molar-refractivity contribution in [2.45, 2.75) is 25.3 Å². The summed E-state index contributed by atoms with van der Waals surface area (Å²) in [7, 11) is 0. The summed E-state index contributed by atoms with van der Waals surface area (Å²) < 4.78 is 24.4. The molecule has 0 aromatic heterocycles. The molecule has 4 heteroatoms. The molecule has 0 saturated carbocycles. The van der Waals surface area contributed by atoms with Crippen molar-refractivity contribution >= 4 is 0 Å². The molecule has 0 aliphatic carbocycles. The quantitative estimate of drug-likeness (QED) is 0.791. The molecular weight excluding hydrogens is 209 g/mol. The summed E-state index contributed by atoms with van der Waals surface area (Å²) in [6.45, 7) is 3.15. The van der Waals surface area contributed by atoms with E-state index in [1.165, 1.54) is 6.07 Å². The zero-order valence-electron chi connectivity index (χ0n) is 9.18. The molecule has 0 spiro atoms. The van der Waals surface area contributed by atoms with Crippen molar-refractivity contribution in [1.29, 1.82) is 0 Å². The number of fused-ring (bicyclic) bond motifs is 1. The van der Waals surface area contributed by atoms with E-state index < -0.39 is 0 Å². The monoisotopic (exact) mass is 223 g/mol. The van der Waals surface area contributed by atoms with Crippen LogP contribution < -0.4 is 14.8 Å². The molecule has 1 atom stereocenters. The first-order valence-electron chi connectivity index (χ1n) is 5.54. The minimum absolute atomic E-state index is 0.183. The molecule has 1 saturated heterocycles. The predicted octanol–water partition coefficient (Wildman–Crippen LogP) is 2.15. The molecule has 1 N–H and O–H groups in total. The second kappa shape index (κ2) is 3.35. The molecule has 0 amide bonds. The lowest BCUT2D eigenvalue weighted by molar-refractivity contribution is 0.173. The van der Waals surface area contributed by atoms with Crippen molar-refractivity contribution in [3.05, 3.63) is 23.5 Å². The summed E-state index contributed by atoms with van der Waals surface area (Å²) in [5.41, 5.74) is 0.402. The van der Waals surface area contributed by atoms with Gasteiger partial charge >= 0.3 is 0 Å². The molecule has 1 aromatic rings. The van der Waals surface area contributed by atoms with Crippen LogP contribution in [0.3, 0.4) is 0 Å². The van der Waals surface area contributed by atoms with Crippen molar-refractivity contribution in [2.24, 2.45) is 0 Å². The first-order chi connectivity index (χ1) is 7.69. The topological polar surface area (TPSA) is 30.5 Å². The van der Waals surface area contributed by atoms with E-state index in [0.717, 1.165) is 19.4 Å². The zero-order valence-corrected chi connectivity index (χ0v) is 9.18. The van der Waals surface area contributed by atoms with Crippen LogP contribution in [-0.2, 0) is 5.54 Å². The van der Waals surface area contributed by atoms with E-state index >= 15 is 0 Å². The minimum Gasteiger partial charge on any atom is -0.454 e. The van der Waals surface area contributed by atoms with E-state index in [1.807, 2.05) is 6.92 Å². The van der Waals surface area contributed by atoms with Crippen LogP contribution in [0, 0.1) is 5.82 Å². The maximum atomic E-state index is 14.0. The van der Waals surface area contributed by atoms with Crippen LogP contribution in [0.4, 0.5) is 4.39 Å². The largest absolute Gasteiger partial charge is 0.454 e. The summed E-state index contributed by atoms with van der Waals surface area (Å²) in [4.78, 5) is 0. The number of rotatable bonds is 1. The molecule has 3 rings (SSSR count). The number of nitrogens with one attached hydrogen (secondary N) is 1. The van der Waals surface area contributed by atoms with Gasteiger partial charge in [-0.2, -0.15) is 0 Å². The Hall–Kier alpha value is -1.29. The Kier molecular flexibility index (Phi) is 2.07. The van der Waals surface area contributed by atoms with Crippen molar-refractivity contribution in [1.82, 2.24) is 5.32 Å². The van der Waals surface area contributed by atoms with Gasteiger partial charge in [0.2, 0.25) is 6.79 Å². The Morgan fingerprint density at radius 2 is 2.06 bits per heavy atom. The maximum absolute atomic E-state index is 14.0. The smallest absolute Gasteiger partial charge is 0.231 e. The normalized spacial score (nSPS) is 27.4. The van der Waals surface area contributed by atoms with Gasteiger partial charge < -0.3 is 14.8 Å². The molecule has 0 bridgehead atoms. The van der Waals surface area contributed by atoms with E-state index in [0.29, 0.717) is 17.1 Å². The first-order valence-corrected chi connectivity index (χ1v) is 5.54. The molecule has 3 nitrogen and oxygen atoms in total. The fourth-order valence-electron chi connectivity index (χ4n) is 2.46. The van der Waals surface area contributed by atoms with Crippen LogP contribution in [0.1, 0.15) is 25.3 Å². The average molecular weight is 223 g/mol. The van der Waals surface area contributed by atoms with E-state index in [1.54, 1.807) is 6.07 Å². The van der Waals surface area contributed by atoms with Crippen LogP contribution in [0.15, 0.2) is 12.1 Å². The van der Waals surface area contributed by atoms with E-state index in [2.05, 4.69) is 5.32 Å². The van der Waals surface area contributed by atoms with E-state index in [4.69, 9.17) is 9.47 Å². The van der Waals surface area contributed by atoms with Gasteiger partial charge in [-0.25, -0.2) is 4.39 Å². The highest BCUT2D eigenvalue weighted by atomic mass is 19.1. The van der Waals surface area contributed by atoms with Gasteiger partial charge in [0.05, 0.1) is 0 Å². The lowest BCUT2D eigenvalue weighted by Crippen LogP contribution is -2.34. The Morgan fingerprint density at radius 3 is 2.75 bits per heavy atom. The van der Waals surface area contributed by atoms with Crippen LogP contribution in [0.5, 0.6) is 11.5 Å². The van der Waals surface area contributed by atoms with E-state index in [-0.39, 0.29) is 18.1 Å². The SMILES string of the molecule is CC1(c2cc3c(cc2F)OCO3)CCCN1. The molecular formula is C12H14FNO2. The Morgan fingerprint density at radius 1 is 1.31 bits per heavy atom. The van der Waals surface area contributed by atoms with Gasteiger partial charge in [0, 0.05) is 17.2 Å². The molecule has 2 aliphatic rings. The third-order valence-corrected chi connectivity index (χ3v) is 3.43. The summed E-state index contributed by atoms with van der Waals surface area (Å²) in [5.74, 6) is 0.926. The van der Waals surface area contributed by atoms with Crippen molar-refractivity contribution < 1.29 is 13.9 Å². The van der Waals surface area contributed by atoms with E-state index in [9.17, 15) is 4.39 Å². The Bertz CT molecular complexity index is 427. The maximum Gasteiger partial charge on any atom is 0.231 e. The summed E-state index contributed by atoms with van der Waals surface area (Å²) in [6, 6.07) is 3.18. The number of halogens is 1. The third-order valence-electron chi connectivity index (χ3n) is 3.43. The summed E-state index contributed by atoms with van der Waals surface area (Å²) in [5, 5.41) is 3.34. The van der Waals surface area contributed by atoms with Gasteiger partial charge in [-0.05, 0) is 32.4 Å². The van der Waals surface area contributed by atoms with Gasteiger partial charge in [-0.1, -0.05) is 0 Å². The second-order valence-electron chi connectivity index (χ2n) is 4.55. The van der Waals surface area contributed by atoms with Crippen LogP contribution in [0.2, 0.25) is 0 Å². The minimum atomic E-state index is -0.273. The van der Waals surface area contributed by atoms with Gasteiger partial charge in [0.25, 0.3) is 0 Å². The lowest BCUT2D eigenvalue weighted by Gasteiger charge is -2.25. The van der Waals surface area contributed by atoms with Gasteiger partial charge in [-0.15, -0.1) is 0 Å². The van der Waals surface area contributed by atoms with Crippen molar-refractivity contribution in [2.75, 3.05) is 13.3 Å². The Labute approximate surface area is 93.6 Å². The molecule has 2 heterocycles. The Balaban J connectivity index is 2.07. The lowest BCUT2D eigenvalue weighted by atomic mass is 9.90. The number of ether oxygens (including phenoxy) is 2. The predicted molar refractivity (Wildman–Crippen MR) is 57.1 cm³/mol. The number of hydrogen-bond acceptors (Lipinski definition) is 3. The molecule has 1 aromatic carbocycles. The summed E-state index contributed by atoms with van der Waals surface area (Å²) >= 11 is 0. The van der Waals surface area contributed by atoms with Crippen LogP contribution in [-0.4, -0.2) is 13.3 Å². The number of hydrogen-bond donors (Lipinski definition) is 1. The van der Waals surface area contributed by atoms with Gasteiger partial charge in [-0.3, -0.25) is 0 Å². The summed E-state index contributed by atoms with van der Waals surface area (Å²) in [6.07, 6.45) is 2.02. The highest BCUT2D eigenvalue weighted by molar-refractivity contribution is 5.47. The second-order valence-corrected chi connectivity index (χ2v) is 4.55. The molecule has 16 heavy (non-hydrogen) atoms. The molecule has 2 aliphatic heterocycles. The molecule has 0 radical (unpaired) electrons. The highest BCUT2D eigenvalue weighted by Gasteiger charge is 2.34. The van der Waals surface area contributed by atoms with Crippen molar-refractivity contribution in [3.8, 4) is 11.5 Å². The van der Waals surface area contributed by atoms with Gasteiger partial charge in [0.15, 0.2) is 11.5 Å². The molecule has 86 valence electrons. The fraction of sp³-hybridized carbons (Fsp3) is 0.500. The van der Waals surface area contributed by atoms with Gasteiger partial charge in [0.1, 0.15) is 5.82 Å². The van der Waals surface area contributed by atoms with Crippen molar-refractivity contribution in [3.63, 3.8) is 0 Å². The molecule has 1 fully saturated rings. The van der Waals surface area contributed by atoms with Crippen LogP contribution >= 0.6 is 0 Å². The fourth-order valence-corrected chi connectivity index (χ4v) is 2.46. The van der Waals surface area contributed by atoms with Crippen LogP contribution in [0.25, 0.3) is 0 Å². The third kappa shape index (κ3) is 1.37. The first kappa shape index (κ1) is 9.90. The average Bonchev–Trinajstić information content (AvgIpc) is 2.85. The zero-order chi connectivity index (χ0) is 11.2. The standard InChI is InChI=1S/C12H14FNO2/c1-12(3-2-4-14-12)8-5-10-11(6-9(8)13)16-7-15-10/h5-6,14H,2-4,7H2,1H3. The highest BCUT2D eigenvalue weighted by Crippen LogP contribution is 2.40.